The smallest absolute Gasteiger partial charge is 0.307 e. The fourth-order valence-electron chi connectivity index (χ4n) is 2.37. The van der Waals surface area contributed by atoms with E-state index in [0.717, 1.165) is 27.6 Å². The maximum Gasteiger partial charge on any atom is 0.307 e. The molecule has 0 bridgehead atoms. The summed E-state index contributed by atoms with van der Waals surface area (Å²) in [5.74, 6) is -0.859. The van der Waals surface area contributed by atoms with Crippen molar-refractivity contribution in [2.24, 2.45) is 0 Å². The molecule has 2 N–H and O–H groups in total. The highest BCUT2D eigenvalue weighted by atomic mass is 35.5. The molecule has 5 heteroatoms. The fourth-order valence-corrected chi connectivity index (χ4v) is 2.77. The summed E-state index contributed by atoms with van der Waals surface area (Å²) >= 11 is 12.2. The second-order valence-corrected chi connectivity index (χ2v) is 5.61. The van der Waals surface area contributed by atoms with Crippen LogP contribution in [0.1, 0.15) is 5.56 Å². The van der Waals surface area contributed by atoms with Crippen molar-refractivity contribution in [2.75, 3.05) is 0 Å². The summed E-state index contributed by atoms with van der Waals surface area (Å²) in [6.45, 7) is 0. The number of aromatic amines is 1. The van der Waals surface area contributed by atoms with Crippen LogP contribution in [0.15, 0.2) is 42.6 Å². The molecule has 106 valence electrons. The van der Waals surface area contributed by atoms with Crippen molar-refractivity contribution in [3.63, 3.8) is 0 Å². The first kappa shape index (κ1) is 14.0. The first-order valence-corrected chi connectivity index (χ1v) is 7.07. The van der Waals surface area contributed by atoms with Crippen LogP contribution in [-0.2, 0) is 11.2 Å². The van der Waals surface area contributed by atoms with Crippen LogP contribution in [0.3, 0.4) is 0 Å². The highest BCUT2D eigenvalue weighted by molar-refractivity contribution is 6.35. The Morgan fingerprint density at radius 1 is 1.14 bits per heavy atom. The zero-order chi connectivity index (χ0) is 15.0. The Kier molecular flexibility index (Phi) is 3.62. The molecule has 3 rings (SSSR count). The standard InChI is InChI=1S/C16H11Cl2NO2/c17-11-2-3-14(18)12(7-11)9-1-4-15-13(5-9)10(8-19-15)6-16(20)21/h1-5,7-8,19H,6H2,(H,20,21). The molecule has 0 fully saturated rings. The minimum Gasteiger partial charge on any atom is -0.481 e. The van der Waals surface area contributed by atoms with Gasteiger partial charge in [0.05, 0.1) is 6.42 Å². The number of benzene rings is 2. The molecule has 0 radical (unpaired) electrons. The number of carboxylic acids is 1. The lowest BCUT2D eigenvalue weighted by atomic mass is 10.0. The second-order valence-electron chi connectivity index (χ2n) is 4.77. The van der Waals surface area contributed by atoms with Crippen molar-refractivity contribution in [3.8, 4) is 11.1 Å². The number of aliphatic carboxylic acids is 1. The predicted molar refractivity (Wildman–Crippen MR) is 85.1 cm³/mol. The van der Waals surface area contributed by atoms with Crippen molar-refractivity contribution >= 4 is 40.1 Å². The van der Waals surface area contributed by atoms with Crippen LogP contribution in [0.2, 0.25) is 10.0 Å². The van der Waals surface area contributed by atoms with E-state index < -0.39 is 5.97 Å². The SMILES string of the molecule is O=C(O)Cc1c[nH]c2ccc(-c3cc(Cl)ccc3Cl)cc12. The third-order valence-electron chi connectivity index (χ3n) is 3.35. The minimum absolute atomic E-state index is 0.0211. The average Bonchev–Trinajstić information content (AvgIpc) is 2.83. The van der Waals surface area contributed by atoms with E-state index in [4.69, 9.17) is 28.3 Å². The van der Waals surface area contributed by atoms with Crippen molar-refractivity contribution < 1.29 is 9.90 Å². The largest absolute Gasteiger partial charge is 0.481 e. The molecule has 3 aromatic rings. The van der Waals surface area contributed by atoms with Gasteiger partial charge in [-0.05, 0) is 41.5 Å². The Morgan fingerprint density at radius 3 is 2.71 bits per heavy atom. The van der Waals surface area contributed by atoms with Gasteiger partial charge in [-0.25, -0.2) is 0 Å². The molecule has 0 aliphatic heterocycles. The van der Waals surface area contributed by atoms with Gasteiger partial charge in [0.25, 0.3) is 0 Å². The highest BCUT2D eigenvalue weighted by Crippen LogP contribution is 2.33. The van der Waals surface area contributed by atoms with Crippen LogP contribution >= 0.6 is 23.2 Å². The van der Waals surface area contributed by atoms with Gasteiger partial charge in [0, 0.05) is 32.7 Å². The van der Waals surface area contributed by atoms with E-state index in [0.29, 0.717) is 10.0 Å². The van der Waals surface area contributed by atoms with Crippen molar-refractivity contribution in [3.05, 3.63) is 58.2 Å². The third-order valence-corrected chi connectivity index (χ3v) is 3.91. The molecule has 0 atom stereocenters. The van der Waals surface area contributed by atoms with E-state index in [2.05, 4.69) is 4.98 Å². The molecular weight excluding hydrogens is 309 g/mol. The van der Waals surface area contributed by atoms with Gasteiger partial charge in [-0.15, -0.1) is 0 Å². The number of rotatable bonds is 3. The van der Waals surface area contributed by atoms with Crippen LogP contribution < -0.4 is 0 Å². The summed E-state index contributed by atoms with van der Waals surface area (Å²) in [6, 6.07) is 11.1. The first-order valence-electron chi connectivity index (χ1n) is 6.32. The maximum absolute atomic E-state index is 10.9. The van der Waals surface area contributed by atoms with Crippen molar-refractivity contribution in [1.29, 1.82) is 0 Å². The molecule has 0 spiro atoms. The summed E-state index contributed by atoms with van der Waals surface area (Å²) < 4.78 is 0. The Hall–Kier alpha value is -1.97. The molecule has 0 aliphatic carbocycles. The van der Waals surface area contributed by atoms with Gasteiger partial charge in [-0.1, -0.05) is 29.3 Å². The zero-order valence-corrected chi connectivity index (χ0v) is 12.4. The molecule has 0 unspecified atom stereocenters. The number of halogens is 2. The number of carbonyl (C=O) groups is 1. The van der Waals surface area contributed by atoms with Crippen LogP contribution in [-0.4, -0.2) is 16.1 Å². The fraction of sp³-hybridized carbons (Fsp3) is 0.0625. The highest BCUT2D eigenvalue weighted by Gasteiger charge is 2.10. The second kappa shape index (κ2) is 5.43. The molecule has 0 amide bonds. The summed E-state index contributed by atoms with van der Waals surface area (Å²) in [5, 5.41) is 11.1. The quantitative estimate of drug-likeness (QED) is 0.730. The maximum atomic E-state index is 10.9. The molecular formula is C16H11Cl2NO2. The van der Waals surface area contributed by atoms with Gasteiger partial charge in [-0.3, -0.25) is 4.79 Å². The molecule has 1 aromatic heterocycles. The van der Waals surface area contributed by atoms with E-state index in [-0.39, 0.29) is 6.42 Å². The van der Waals surface area contributed by atoms with Gasteiger partial charge < -0.3 is 10.1 Å². The summed E-state index contributed by atoms with van der Waals surface area (Å²) in [4.78, 5) is 14.0. The predicted octanol–water partition coefficient (Wildman–Crippen LogP) is 4.77. The van der Waals surface area contributed by atoms with Crippen LogP contribution in [0.4, 0.5) is 0 Å². The summed E-state index contributed by atoms with van der Waals surface area (Å²) in [7, 11) is 0. The monoisotopic (exact) mass is 319 g/mol. The van der Waals surface area contributed by atoms with Crippen LogP contribution in [0.25, 0.3) is 22.0 Å². The number of fused-ring (bicyclic) bond motifs is 1. The Balaban J connectivity index is 2.15. The molecule has 3 nitrogen and oxygen atoms in total. The van der Waals surface area contributed by atoms with E-state index in [1.54, 1.807) is 24.4 Å². The van der Waals surface area contributed by atoms with Gasteiger partial charge in [0.2, 0.25) is 0 Å². The minimum atomic E-state index is -0.859. The number of aromatic nitrogens is 1. The van der Waals surface area contributed by atoms with Gasteiger partial charge in [0.1, 0.15) is 0 Å². The van der Waals surface area contributed by atoms with Crippen molar-refractivity contribution in [1.82, 2.24) is 4.98 Å². The van der Waals surface area contributed by atoms with Crippen LogP contribution in [0.5, 0.6) is 0 Å². The van der Waals surface area contributed by atoms with E-state index in [1.807, 2.05) is 18.2 Å². The lowest BCUT2D eigenvalue weighted by molar-refractivity contribution is -0.136. The number of H-pyrrole nitrogens is 1. The van der Waals surface area contributed by atoms with Gasteiger partial charge in [0.15, 0.2) is 0 Å². The lowest BCUT2D eigenvalue weighted by Gasteiger charge is -2.06. The van der Waals surface area contributed by atoms with E-state index in [1.165, 1.54) is 0 Å². The Bertz CT molecular complexity index is 839. The topological polar surface area (TPSA) is 53.1 Å². The number of hydrogen-bond acceptors (Lipinski definition) is 1. The lowest BCUT2D eigenvalue weighted by Crippen LogP contribution is -1.98. The Morgan fingerprint density at radius 2 is 1.95 bits per heavy atom. The first-order chi connectivity index (χ1) is 10.0. The Labute approximate surface area is 131 Å². The third kappa shape index (κ3) is 2.75. The molecule has 2 aromatic carbocycles. The van der Waals surface area contributed by atoms with E-state index in [9.17, 15) is 4.79 Å². The normalized spacial score (nSPS) is 11.0. The molecule has 21 heavy (non-hydrogen) atoms. The number of hydrogen-bond donors (Lipinski definition) is 2. The zero-order valence-electron chi connectivity index (χ0n) is 10.9. The van der Waals surface area contributed by atoms with Gasteiger partial charge in [-0.2, -0.15) is 0 Å². The summed E-state index contributed by atoms with van der Waals surface area (Å²) in [6.07, 6.45) is 1.70. The molecule has 0 saturated carbocycles. The number of nitrogens with one attached hydrogen (secondary N) is 1. The average molecular weight is 320 g/mol. The molecule has 0 saturated heterocycles. The van der Waals surface area contributed by atoms with E-state index >= 15 is 0 Å². The van der Waals surface area contributed by atoms with Gasteiger partial charge >= 0.3 is 5.97 Å². The molecule has 0 aliphatic rings. The number of carboxylic acid groups (broad SMARTS) is 1. The van der Waals surface area contributed by atoms with Crippen molar-refractivity contribution in [2.45, 2.75) is 6.42 Å². The summed E-state index contributed by atoms with van der Waals surface area (Å²) in [5.41, 5.74) is 3.38. The van der Waals surface area contributed by atoms with Crippen LogP contribution in [0, 0.1) is 0 Å². The molecule has 1 heterocycles.